The SMILES string of the molecule is CCCN1C(=O)[C@@](O)(CC(=O)c2cc(C(C)C)ccc2C)c2cc(Br)ccc21. The lowest BCUT2D eigenvalue weighted by Gasteiger charge is -2.23. The zero-order chi connectivity index (χ0) is 20.6. The molecule has 1 aliphatic heterocycles. The highest BCUT2D eigenvalue weighted by atomic mass is 79.9. The number of aryl methyl sites for hydroxylation is 1. The van der Waals surface area contributed by atoms with Gasteiger partial charge < -0.3 is 10.0 Å². The van der Waals surface area contributed by atoms with Gasteiger partial charge in [0.1, 0.15) is 0 Å². The Balaban J connectivity index is 2.02. The molecule has 1 heterocycles. The van der Waals surface area contributed by atoms with Crippen molar-refractivity contribution in [2.75, 3.05) is 11.4 Å². The molecule has 28 heavy (non-hydrogen) atoms. The van der Waals surface area contributed by atoms with E-state index >= 15 is 0 Å². The molecule has 0 radical (unpaired) electrons. The average Bonchev–Trinajstić information content (AvgIpc) is 2.84. The number of benzene rings is 2. The van der Waals surface area contributed by atoms with Crippen LogP contribution < -0.4 is 4.90 Å². The van der Waals surface area contributed by atoms with Gasteiger partial charge in [-0.3, -0.25) is 9.59 Å². The number of aliphatic hydroxyl groups is 1. The number of hydrogen-bond donors (Lipinski definition) is 1. The van der Waals surface area contributed by atoms with Gasteiger partial charge in [-0.25, -0.2) is 0 Å². The minimum Gasteiger partial charge on any atom is -0.375 e. The van der Waals surface area contributed by atoms with E-state index in [2.05, 4.69) is 29.8 Å². The van der Waals surface area contributed by atoms with Gasteiger partial charge in [0.2, 0.25) is 0 Å². The van der Waals surface area contributed by atoms with E-state index in [-0.39, 0.29) is 12.2 Å². The molecular weight excluding hydrogens is 418 g/mol. The fraction of sp³-hybridized carbons (Fsp3) is 0.391. The molecule has 5 heteroatoms. The summed E-state index contributed by atoms with van der Waals surface area (Å²) in [6, 6.07) is 11.2. The summed E-state index contributed by atoms with van der Waals surface area (Å²) in [5, 5.41) is 11.4. The topological polar surface area (TPSA) is 57.6 Å². The summed E-state index contributed by atoms with van der Waals surface area (Å²) in [6.45, 7) is 8.51. The number of hydrogen-bond acceptors (Lipinski definition) is 3. The summed E-state index contributed by atoms with van der Waals surface area (Å²) in [5.41, 5.74) is 1.81. The summed E-state index contributed by atoms with van der Waals surface area (Å²) < 4.78 is 0.765. The number of rotatable bonds is 6. The van der Waals surface area contributed by atoms with Gasteiger partial charge in [0.25, 0.3) is 5.91 Å². The summed E-state index contributed by atoms with van der Waals surface area (Å²) in [7, 11) is 0. The van der Waals surface area contributed by atoms with E-state index in [1.807, 2.05) is 44.2 Å². The van der Waals surface area contributed by atoms with Crippen molar-refractivity contribution in [3.63, 3.8) is 0 Å². The highest BCUT2D eigenvalue weighted by Crippen LogP contribution is 2.44. The van der Waals surface area contributed by atoms with Crippen LogP contribution in [0.3, 0.4) is 0 Å². The number of nitrogens with zero attached hydrogens (tertiary/aromatic N) is 1. The van der Waals surface area contributed by atoms with Gasteiger partial charge in [0, 0.05) is 22.1 Å². The molecule has 2 aromatic rings. The molecule has 1 atom stereocenters. The molecule has 1 amide bonds. The number of ketones is 1. The van der Waals surface area contributed by atoms with Crippen LogP contribution in [0.25, 0.3) is 0 Å². The second kappa shape index (κ2) is 7.80. The van der Waals surface area contributed by atoms with Crippen LogP contribution in [0.15, 0.2) is 40.9 Å². The third kappa shape index (κ3) is 3.53. The molecule has 0 bridgehead atoms. The van der Waals surface area contributed by atoms with Gasteiger partial charge in [-0.2, -0.15) is 0 Å². The van der Waals surface area contributed by atoms with E-state index in [9.17, 15) is 14.7 Å². The number of carbonyl (C=O) groups excluding carboxylic acids is 2. The van der Waals surface area contributed by atoms with Gasteiger partial charge >= 0.3 is 0 Å². The number of Topliss-reactive ketones (excluding diaryl/α,β-unsaturated/α-hetero) is 1. The van der Waals surface area contributed by atoms with Crippen molar-refractivity contribution in [1.29, 1.82) is 0 Å². The van der Waals surface area contributed by atoms with Crippen LogP contribution in [0, 0.1) is 6.92 Å². The first-order chi connectivity index (χ1) is 13.2. The lowest BCUT2D eigenvalue weighted by Crippen LogP contribution is -2.42. The Morgan fingerprint density at radius 2 is 1.93 bits per heavy atom. The summed E-state index contributed by atoms with van der Waals surface area (Å²) >= 11 is 3.42. The van der Waals surface area contributed by atoms with Crippen LogP contribution in [-0.4, -0.2) is 23.3 Å². The zero-order valence-electron chi connectivity index (χ0n) is 16.8. The maximum atomic E-state index is 13.2. The Hall–Kier alpha value is -1.98. The smallest absolute Gasteiger partial charge is 0.264 e. The summed E-state index contributed by atoms with van der Waals surface area (Å²) in [5.74, 6) is -0.353. The molecular formula is C23H26BrNO3. The first-order valence-electron chi connectivity index (χ1n) is 9.67. The van der Waals surface area contributed by atoms with E-state index in [4.69, 9.17) is 0 Å². The maximum Gasteiger partial charge on any atom is 0.264 e. The van der Waals surface area contributed by atoms with Crippen molar-refractivity contribution in [1.82, 2.24) is 0 Å². The fourth-order valence-electron chi connectivity index (χ4n) is 3.77. The van der Waals surface area contributed by atoms with Crippen LogP contribution in [0.4, 0.5) is 5.69 Å². The van der Waals surface area contributed by atoms with E-state index in [0.717, 1.165) is 22.0 Å². The Labute approximate surface area is 174 Å². The van der Waals surface area contributed by atoms with Crippen molar-refractivity contribution in [2.45, 2.75) is 52.1 Å². The Morgan fingerprint density at radius 3 is 2.57 bits per heavy atom. The highest BCUT2D eigenvalue weighted by molar-refractivity contribution is 9.10. The average molecular weight is 444 g/mol. The van der Waals surface area contributed by atoms with Crippen LogP contribution in [0.1, 0.15) is 66.6 Å². The number of anilines is 1. The van der Waals surface area contributed by atoms with Crippen LogP contribution in [0.2, 0.25) is 0 Å². The normalized spacial score (nSPS) is 18.7. The third-order valence-electron chi connectivity index (χ3n) is 5.39. The zero-order valence-corrected chi connectivity index (χ0v) is 18.3. The Kier molecular flexibility index (Phi) is 5.78. The van der Waals surface area contributed by atoms with Gasteiger partial charge in [0.15, 0.2) is 11.4 Å². The number of halogens is 1. The third-order valence-corrected chi connectivity index (χ3v) is 5.88. The van der Waals surface area contributed by atoms with Crippen molar-refractivity contribution < 1.29 is 14.7 Å². The molecule has 1 N–H and O–H groups in total. The lowest BCUT2D eigenvalue weighted by atomic mass is 9.86. The molecule has 3 rings (SSSR count). The van der Waals surface area contributed by atoms with Crippen LogP contribution >= 0.6 is 15.9 Å². The van der Waals surface area contributed by atoms with Crippen molar-refractivity contribution >= 4 is 33.3 Å². The van der Waals surface area contributed by atoms with Crippen molar-refractivity contribution in [2.24, 2.45) is 0 Å². The minimum atomic E-state index is -1.84. The standard InChI is InChI=1S/C23H26BrNO3/c1-5-10-25-20-9-8-17(24)12-19(20)23(28,22(25)27)13-21(26)18-11-16(14(2)3)7-6-15(18)4/h6-9,11-12,14,28H,5,10,13H2,1-4H3/t23-/m1/s1. The maximum absolute atomic E-state index is 13.2. The van der Waals surface area contributed by atoms with E-state index < -0.39 is 11.5 Å². The van der Waals surface area contributed by atoms with Gasteiger partial charge in [-0.05, 0) is 54.7 Å². The Morgan fingerprint density at radius 1 is 1.21 bits per heavy atom. The molecule has 2 aromatic carbocycles. The number of carbonyl (C=O) groups is 2. The Bertz CT molecular complexity index is 937. The highest BCUT2D eigenvalue weighted by Gasteiger charge is 2.50. The van der Waals surface area contributed by atoms with E-state index in [1.54, 1.807) is 11.0 Å². The molecule has 0 fully saturated rings. The lowest BCUT2D eigenvalue weighted by molar-refractivity contribution is -0.135. The second-order valence-electron chi connectivity index (χ2n) is 7.81. The van der Waals surface area contributed by atoms with Crippen LogP contribution in [-0.2, 0) is 10.4 Å². The van der Waals surface area contributed by atoms with E-state index in [0.29, 0.717) is 29.3 Å². The van der Waals surface area contributed by atoms with Crippen molar-refractivity contribution in [3.8, 4) is 0 Å². The second-order valence-corrected chi connectivity index (χ2v) is 8.72. The van der Waals surface area contributed by atoms with Gasteiger partial charge in [0.05, 0.1) is 12.1 Å². The molecule has 0 unspecified atom stereocenters. The predicted octanol–water partition coefficient (Wildman–Crippen LogP) is 5.10. The summed E-state index contributed by atoms with van der Waals surface area (Å²) in [6.07, 6.45) is 0.499. The predicted molar refractivity (Wildman–Crippen MR) is 115 cm³/mol. The van der Waals surface area contributed by atoms with E-state index in [1.165, 1.54) is 0 Å². The molecule has 148 valence electrons. The fourth-order valence-corrected chi connectivity index (χ4v) is 4.13. The first kappa shape index (κ1) is 20.7. The molecule has 1 aliphatic rings. The molecule has 0 saturated carbocycles. The minimum absolute atomic E-state index is 0.222. The van der Waals surface area contributed by atoms with Gasteiger partial charge in [-0.1, -0.05) is 48.8 Å². The monoisotopic (exact) mass is 443 g/mol. The largest absolute Gasteiger partial charge is 0.375 e. The summed E-state index contributed by atoms with van der Waals surface area (Å²) in [4.78, 5) is 27.9. The first-order valence-corrected chi connectivity index (χ1v) is 10.5. The molecule has 0 spiro atoms. The van der Waals surface area contributed by atoms with Crippen LogP contribution in [0.5, 0.6) is 0 Å². The number of amides is 1. The molecule has 0 aromatic heterocycles. The quantitative estimate of drug-likeness (QED) is 0.631. The van der Waals surface area contributed by atoms with Gasteiger partial charge in [-0.15, -0.1) is 0 Å². The van der Waals surface area contributed by atoms with Crippen molar-refractivity contribution in [3.05, 3.63) is 63.1 Å². The number of fused-ring (bicyclic) bond motifs is 1. The molecule has 0 saturated heterocycles. The molecule has 0 aliphatic carbocycles. The molecule has 4 nitrogen and oxygen atoms in total.